The van der Waals surface area contributed by atoms with Gasteiger partial charge in [-0.3, -0.25) is 4.79 Å². The highest BCUT2D eigenvalue weighted by Gasteiger charge is 2.13. The minimum atomic E-state index is -1.14. The topological polar surface area (TPSA) is 79.5 Å². The van der Waals surface area contributed by atoms with Gasteiger partial charge < -0.3 is 14.8 Å². The summed E-state index contributed by atoms with van der Waals surface area (Å²) in [6.07, 6.45) is 1.21. The Balaban J connectivity index is 2.22. The van der Waals surface area contributed by atoms with Crippen LogP contribution in [0.5, 0.6) is 0 Å². The second kappa shape index (κ2) is 6.45. The molecule has 0 aliphatic carbocycles. The molecule has 2 rings (SSSR count). The van der Waals surface area contributed by atoms with E-state index in [1.165, 1.54) is 6.07 Å². The fraction of sp³-hybridized carbons (Fsp3) is 0.200. The van der Waals surface area contributed by atoms with Gasteiger partial charge in [0.05, 0.1) is 5.02 Å². The van der Waals surface area contributed by atoms with E-state index in [2.05, 4.69) is 5.32 Å². The van der Waals surface area contributed by atoms with Gasteiger partial charge in [0.2, 0.25) is 11.7 Å². The molecule has 5 nitrogen and oxygen atoms in total. The van der Waals surface area contributed by atoms with Gasteiger partial charge >= 0.3 is 5.97 Å². The van der Waals surface area contributed by atoms with Crippen molar-refractivity contribution in [2.75, 3.05) is 5.32 Å². The number of hydrogen-bond acceptors (Lipinski definition) is 3. The Morgan fingerprint density at radius 1 is 1.29 bits per heavy atom. The third-order valence-corrected chi connectivity index (χ3v) is 3.12. The molecule has 0 aliphatic heterocycles. The molecule has 0 radical (unpaired) electrons. The zero-order valence-electron chi connectivity index (χ0n) is 11.4. The zero-order chi connectivity index (χ0) is 15.4. The fourth-order valence-corrected chi connectivity index (χ4v) is 2.11. The van der Waals surface area contributed by atoms with Gasteiger partial charge in [-0.25, -0.2) is 4.79 Å². The number of furan rings is 1. The maximum absolute atomic E-state index is 11.5. The van der Waals surface area contributed by atoms with Crippen LogP contribution in [-0.2, 0) is 4.79 Å². The largest absolute Gasteiger partial charge is 0.475 e. The van der Waals surface area contributed by atoms with Gasteiger partial charge in [-0.2, -0.15) is 0 Å². The molecule has 21 heavy (non-hydrogen) atoms. The van der Waals surface area contributed by atoms with Crippen LogP contribution in [0.25, 0.3) is 11.3 Å². The highest BCUT2D eigenvalue weighted by atomic mass is 35.5. The van der Waals surface area contributed by atoms with Gasteiger partial charge in [0.25, 0.3) is 0 Å². The number of carbonyl (C=O) groups is 2. The molecule has 0 aliphatic rings. The Morgan fingerprint density at radius 3 is 2.62 bits per heavy atom. The molecule has 6 heteroatoms. The lowest BCUT2D eigenvalue weighted by molar-refractivity contribution is -0.116. The summed E-state index contributed by atoms with van der Waals surface area (Å²) in [6, 6.07) is 7.88. The number of nitrogens with one attached hydrogen (secondary N) is 1. The van der Waals surface area contributed by atoms with Gasteiger partial charge in [0.1, 0.15) is 5.76 Å². The predicted molar refractivity (Wildman–Crippen MR) is 79.7 cm³/mol. The SMILES string of the molecule is CCCC(=O)Nc1ccc(-c2ccc(C(=O)O)o2)c(Cl)c1. The first-order valence-corrected chi connectivity index (χ1v) is 6.82. The summed E-state index contributed by atoms with van der Waals surface area (Å²) in [5, 5.41) is 11.9. The van der Waals surface area contributed by atoms with E-state index in [-0.39, 0.29) is 11.7 Å². The van der Waals surface area contributed by atoms with Crippen molar-refractivity contribution in [1.29, 1.82) is 0 Å². The Labute approximate surface area is 126 Å². The Hall–Kier alpha value is -2.27. The number of hydrogen-bond donors (Lipinski definition) is 2. The van der Waals surface area contributed by atoms with Crippen molar-refractivity contribution < 1.29 is 19.1 Å². The van der Waals surface area contributed by atoms with Crippen LogP contribution in [0.3, 0.4) is 0 Å². The van der Waals surface area contributed by atoms with Crippen molar-refractivity contribution in [2.24, 2.45) is 0 Å². The van der Waals surface area contributed by atoms with Gasteiger partial charge in [0.15, 0.2) is 0 Å². The van der Waals surface area contributed by atoms with Crippen LogP contribution in [0.4, 0.5) is 5.69 Å². The first-order valence-electron chi connectivity index (χ1n) is 6.44. The van der Waals surface area contributed by atoms with Crippen molar-refractivity contribution in [3.8, 4) is 11.3 Å². The van der Waals surface area contributed by atoms with Crippen LogP contribution in [0.15, 0.2) is 34.7 Å². The number of aromatic carboxylic acids is 1. The minimum absolute atomic E-state index is 0.0764. The molecule has 0 atom stereocenters. The van der Waals surface area contributed by atoms with E-state index in [1.54, 1.807) is 24.3 Å². The van der Waals surface area contributed by atoms with Gasteiger partial charge in [-0.15, -0.1) is 0 Å². The van der Waals surface area contributed by atoms with Crippen molar-refractivity contribution in [2.45, 2.75) is 19.8 Å². The molecule has 1 aromatic heterocycles. The van der Waals surface area contributed by atoms with E-state index < -0.39 is 5.97 Å². The summed E-state index contributed by atoms with van der Waals surface area (Å²) >= 11 is 6.15. The molecule has 1 amide bonds. The van der Waals surface area contributed by atoms with E-state index in [0.717, 1.165) is 6.42 Å². The Bertz CT molecular complexity index is 678. The van der Waals surface area contributed by atoms with Gasteiger partial charge in [-0.05, 0) is 36.8 Å². The van der Waals surface area contributed by atoms with Crippen molar-refractivity contribution in [3.05, 3.63) is 41.1 Å². The van der Waals surface area contributed by atoms with Crippen LogP contribution in [-0.4, -0.2) is 17.0 Å². The molecule has 0 fully saturated rings. The van der Waals surface area contributed by atoms with Gasteiger partial charge in [0, 0.05) is 17.7 Å². The molecule has 1 heterocycles. The van der Waals surface area contributed by atoms with E-state index in [1.807, 2.05) is 6.92 Å². The van der Waals surface area contributed by atoms with Crippen LogP contribution in [0.1, 0.15) is 30.3 Å². The number of carbonyl (C=O) groups excluding carboxylic acids is 1. The summed E-state index contributed by atoms with van der Waals surface area (Å²) in [6.45, 7) is 1.92. The molecule has 2 N–H and O–H groups in total. The predicted octanol–water partition coefficient (Wildman–Crippen LogP) is 4.04. The number of anilines is 1. The quantitative estimate of drug-likeness (QED) is 0.873. The van der Waals surface area contributed by atoms with E-state index in [9.17, 15) is 9.59 Å². The maximum atomic E-state index is 11.5. The second-order valence-electron chi connectivity index (χ2n) is 4.46. The summed E-state index contributed by atoms with van der Waals surface area (Å²) in [5.41, 5.74) is 1.16. The molecule has 0 spiro atoms. The smallest absolute Gasteiger partial charge is 0.371 e. The van der Waals surface area contributed by atoms with Crippen LogP contribution < -0.4 is 5.32 Å². The lowest BCUT2D eigenvalue weighted by Gasteiger charge is -2.07. The standard InChI is InChI=1S/C15H14ClNO4/c1-2-3-14(18)17-9-4-5-10(11(16)8-9)12-6-7-13(21-12)15(19)20/h4-8H,2-3H2,1H3,(H,17,18)(H,19,20). The average molecular weight is 308 g/mol. The zero-order valence-corrected chi connectivity index (χ0v) is 12.1. The van der Waals surface area contributed by atoms with E-state index in [4.69, 9.17) is 21.1 Å². The first kappa shape index (κ1) is 15.1. The fourth-order valence-electron chi connectivity index (χ4n) is 1.84. The number of carboxylic acids is 1. The van der Waals surface area contributed by atoms with E-state index >= 15 is 0 Å². The maximum Gasteiger partial charge on any atom is 0.371 e. The molecular weight excluding hydrogens is 294 g/mol. The first-order chi connectivity index (χ1) is 10.0. The summed E-state index contributed by atoms with van der Waals surface area (Å²) in [5.74, 6) is -1.00. The van der Waals surface area contributed by atoms with Crippen LogP contribution in [0.2, 0.25) is 5.02 Å². The molecule has 0 unspecified atom stereocenters. The third kappa shape index (κ3) is 3.64. The molecule has 110 valence electrons. The average Bonchev–Trinajstić information content (AvgIpc) is 2.88. The third-order valence-electron chi connectivity index (χ3n) is 2.81. The van der Waals surface area contributed by atoms with Crippen molar-refractivity contribution in [3.63, 3.8) is 0 Å². The Morgan fingerprint density at radius 2 is 2.05 bits per heavy atom. The highest BCUT2D eigenvalue weighted by molar-refractivity contribution is 6.33. The normalized spacial score (nSPS) is 10.4. The number of amides is 1. The monoisotopic (exact) mass is 307 g/mol. The van der Waals surface area contributed by atoms with Crippen molar-refractivity contribution >= 4 is 29.2 Å². The number of carboxylic acid groups (broad SMARTS) is 1. The number of rotatable bonds is 5. The molecule has 2 aromatic rings. The molecular formula is C15H14ClNO4. The highest BCUT2D eigenvalue weighted by Crippen LogP contribution is 2.31. The molecule has 1 aromatic carbocycles. The van der Waals surface area contributed by atoms with Crippen LogP contribution in [0, 0.1) is 0 Å². The lowest BCUT2D eigenvalue weighted by atomic mass is 10.1. The summed E-state index contributed by atoms with van der Waals surface area (Å²) in [4.78, 5) is 22.3. The number of halogens is 1. The molecule has 0 saturated carbocycles. The summed E-state index contributed by atoms with van der Waals surface area (Å²) in [7, 11) is 0. The molecule has 0 bridgehead atoms. The van der Waals surface area contributed by atoms with Crippen molar-refractivity contribution in [1.82, 2.24) is 0 Å². The van der Waals surface area contributed by atoms with Gasteiger partial charge in [-0.1, -0.05) is 18.5 Å². The minimum Gasteiger partial charge on any atom is -0.475 e. The number of benzene rings is 1. The second-order valence-corrected chi connectivity index (χ2v) is 4.87. The van der Waals surface area contributed by atoms with E-state index in [0.29, 0.717) is 28.5 Å². The van der Waals surface area contributed by atoms with Crippen LogP contribution >= 0.6 is 11.6 Å². The Kier molecular flexibility index (Phi) is 4.65. The molecule has 0 saturated heterocycles. The summed E-state index contributed by atoms with van der Waals surface area (Å²) < 4.78 is 5.20. The lowest BCUT2D eigenvalue weighted by Crippen LogP contribution is -2.10.